The zero-order valence-electron chi connectivity index (χ0n) is 19.3. The maximum Gasteiger partial charge on any atom is 0.338 e. The van der Waals surface area contributed by atoms with Crippen molar-refractivity contribution >= 4 is 36.2 Å². The molecule has 170 valence electrons. The van der Waals surface area contributed by atoms with Crippen LogP contribution in [0.1, 0.15) is 34.7 Å². The Morgan fingerprint density at radius 3 is 1.74 bits per heavy atom. The second-order valence-corrected chi connectivity index (χ2v) is 7.72. The summed E-state index contributed by atoms with van der Waals surface area (Å²) in [6, 6.07) is 21.0. The highest BCUT2D eigenvalue weighted by Crippen LogP contribution is 2.21. The molecule has 3 rings (SSSR count). The number of carbonyl (C=O) groups is 2. The first-order valence-corrected chi connectivity index (χ1v) is 10.7. The zero-order valence-corrected chi connectivity index (χ0v) is 19.3. The summed E-state index contributed by atoms with van der Waals surface area (Å²) in [4.78, 5) is 22.9. The molecule has 0 spiro atoms. The number of hydrogen-bond acceptors (Lipinski definition) is 4. The van der Waals surface area contributed by atoms with E-state index in [4.69, 9.17) is 9.47 Å². The Bertz CT molecular complexity index is 1260. The molecule has 0 aromatic heterocycles. The summed E-state index contributed by atoms with van der Waals surface area (Å²) >= 11 is 0. The van der Waals surface area contributed by atoms with E-state index in [-0.39, 0.29) is 0 Å². The third kappa shape index (κ3) is 7.04. The monoisotopic (exact) mass is 450 g/mol. The topological polar surface area (TPSA) is 52.6 Å². The lowest BCUT2D eigenvalue weighted by Gasteiger charge is -2.07. The van der Waals surface area contributed by atoms with Gasteiger partial charge in [0.1, 0.15) is 11.5 Å². The van der Waals surface area contributed by atoms with E-state index in [1.165, 1.54) is 0 Å². The third-order valence-corrected chi connectivity index (χ3v) is 4.93. The SMILES string of the molecule is C=CC(=O)Oc1ccc(/C=C/c2ccc(/C=C/c3ccc(OC(=O)C(=C)C)cc3C)cc2)cc1. The van der Waals surface area contributed by atoms with Crippen molar-refractivity contribution in [2.75, 3.05) is 0 Å². The molecule has 3 aromatic rings. The standard InChI is InChI=1S/C30H26O4/c1-5-29(31)33-27-17-13-25(14-18-27)11-8-23-6-9-24(10-7-23)12-15-26-16-19-28(20-22(26)4)34-30(32)21(2)3/h5-20H,1-2H2,3-4H3/b11-8+,15-12+. The Hall–Kier alpha value is -4.44. The first-order chi connectivity index (χ1) is 16.3. The van der Waals surface area contributed by atoms with E-state index in [1.54, 1.807) is 25.1 Å². The highest BCUT2D eigenvalue weighted by molar-refractivity contribution is 5.89. The Balaban J connectivity index is 1.61. The molecule has 0 aliphatic rings. The molecule has 0 fully saturated rings. The molecule has 0 unspecified atom stereocenters. The van der Waals surface area contributed by atoms with Crippen LogP contribution in [-0.4, -0.2) is 11.9 Å². The van der Waals surface area contributed by atoms with Crippen LogP contribution in [-0.2, 0) is 9.59 Å². The fraction of sp³-hybridized carbons (Fsp3) is 0.0667. The van der Waals surface area contributed by atoms with Crippen LogP contribution in [0.25, 0.3) is 24.3 Å². The lowest BCUT2D eigenvalue weighted by Crippen LogP contribution is -2.08. The second kappa shape index (κ2) is 11.4. The van der Waals surface area contributed by atoms with Gasteiger partial charge in [0.15, 0.2) is 0 Å². The predicted molar refractivity (Wildman–Crippen MR) is 138 cm³/mol. The average molecular weight is 451 g/mol. The highest BCUT2D eigenvalue weighted by Gasteiger charge is 2.06. The minimum Gasteiger partial charge on any atom is -0.423 e. The summed E-state index contributed by atoms with van der Waals surface area (Å²) in [6.07, 6.45) is 9.22. The van der Waals surface area contributed by atoms with E-state index in [9.17, 15) is 9.59 Å². The minimum absolute atomic E-state index is 0.365. The summed E-state index contributed by atoms with van der Waals surface area (Å²) in [5.41, 5.74) is 5.55. The van der Waals surface area contributed by atoms with Crippen LogP contribution in [0.15, 0.2) is 91.5 Å². The molecular formula is C30H26O4. The first kappa shape index (κ1) is 24.2. The number of rotatable bonds is 8. The largest absolute Gasteiger partial charge is 0.423 e. The quantitative estimate of drug-likeness (QED) is 0.162. The molecule has 0 aliphatic heterocycles. The normalized spacial score (nSPS) is 10.9. The molecule has 0 atom stereocenters. The molecule has 0 radical (unpaired) electrons. The molecule has 0 aliphatic carbocycles. The molecule has 0 saturated carbocycles. The van der Waals surface area contributed by atoms with E-state index >= 15 is 0 Å². The van der Waals surface area contributed by atoms with Gasteiger partial charge >= 0.3 is 11.9 Å². The molecule has 4 heteroatoms. The van der Waals surface area contributed by atoms with Crippen LogP contribution in [0.2, 0.25) is 0 Å². The van der Waals surface area contributed by atoms with Crippen molar-refractivity contribution in [2.24, 2.45) is 0 Å². The molecule has 0 saturated heterocycles. The maximum atomic E-state index is 11.7. The van der Waals surface area contributed by atoms with Gasteiger partial charge in [-0.25, -0.2) is 9.59 Å². The zero-order chi connectivity index (χ0) is 24.5. The van der Waals surface area contributed by atoms with Crippen LogP contribution in [0.4, 0.5) is 0 Å². The highest BCUT2D eigenvalue weighted by atomic mass is 16.5. The van der Waals surface area contributed by atoms with E-state index in [0.717, 1.165) is 33.9 Å². The van der Waals surface area contributed by atoms with Crippen molar-refractivity contribution in [2.45, 2.75) is 13.8 Å². The van der Waals surface area contributed by atoms with Crippen LogP contribution in [0, 0.1) is 6.92 Å². The lowest BCUT2D eigenvalue weighted by molar-refractivity contribution is -0.130. The Morgan fingerprint density at radius 1 is 0.735 bits per heavy atom. The van der Waals surface area contributed by atoms with Gasteiger partial charge in [0.25, 0.3) is 0 Å². The molecule has 0 N–H and O–H groups in total. The molecule has 3 aromatic carbocycles. The van der Waals surface area contributed by atoms with E-state index in [0.29, 0.717) is 17.1 Å². The molecular weight excluding hydrogens is 424 g/mol. The molecule has 4 nitrogen and oxygen atoms in total. The van der Waals surface area contributed by atoms with Crippen LogP contribution in [0.5, 0.6) is 11.5 Å². The van der Waals surface area contributed by atoms with Gasteiger partial charge < -0.3 is 9.47 Å². The van der Waals surface area contributed by atoms with Crippen molar-refractivity contribution in [3.8, 4) is 11.5 Å². The third-order valence-electron chi connectivity index (χ3n) is 4.93. The summed E-state index contributed by atoms with van der Waals surface area (Å²) in [5.74, 6) is 0.0822. The number of esters is 2. The molecule has 0 bridgehead atoms. The predicted octanol–water partition coefficient (Wildman–Crippen LogP) is 6.91. The first-order valence-electron chi connectivity index (χ1n) is 10.7. The van der Waals surface area contributed by atoms with Gasteiger partial charge in [-0.05, 0) is 65.9 Å². The Labute approximate surface area is 200 Å². The lowest BCUT2D eigenvalue weighted by atomic mass is 10.1. The van der Waals surface area contributed by atoms with Crippen molar-refractivity contribution in [1.82, 2.24) is 0 Å². The Kier molecular flexibility index (Phi) is 8.14. The van der Waals surface area contributed by atoms with Gasteiger partial charge in [-0.1, -0.05) is 79.9 Å². The number of hydrogen-bond donors (Lipinski definition) is 0. The van der Waals surface area contributed by atoms with Gasteiger partial charge in [0.2, 0.25) is 0 Å². The summed E-state index contributed by atoms with van der Waals surface area (Å²) in [6.45, 7) is 10.6. The molecule has 0 heterocycles. The number of benzene rings is 3. The number of aryl methyl sites for hydroxylation is 1. The van der Waals surface area contributed by atoms with Gasteiger partial charge in [-0.3, -0.25) is 0 Å². The van der Waals surface area contributed by atoms with Crippen LogP contribution >= 0.6 is 0 Å². The number of ether oxygens (including phenoxy) is 2. The van der Waals surface area contributed by atoms with E-state index in [1.807, 2.05) is 79.8 Å². The van der Waals surface area contributed by atoms with Crippen molar-refractivity contribution < 1.29 is 19.1 Å². The van der Waals surface area contributed by atoms with Gasteiger partial charge in [0.05, 0.1) is 0 Å². The van der Waals surface area contributed by atoms with Gasteiger partial charge in [0, 0.05) is 11.6 Å². The van der Waals surface area contributed by atoms with Crippen molar-refractivity contribution in [3.63, 3.8) is 0 Å². The maximum absolute atomic E-state index is 11.7. The number of carbonyl (C=O) groups excluding carboxylic acids is 2. The van der Waals surface area contributed by atoms with Crippen LogP contribution < -0.4 is 9.47 Å². The second-order valence-electron chi connectivity index (χ2n) is 7.72. The summed E-state index contributed by atoms with van der Waals surface area (Å²) in [7, 11) is 0. The average Bonchev–Trinajstić information content (AvgIpc) is 2.83. The minimum atomic E-state index is -0.478. The van der Waals surface area contributed by atoms with E-state index < -0.39 is 11.9 Å². The fourth-order valence-corrected chi connectivity index (χ4v) is 2.99. The van der Waals surface area contributed by atoms with E-state index in [2.05, 4.69) is 13.2 Å². The van der Waals surface area contributed by atoms with Crippen molar-refractivity contribution in [3.05, 3.63) is 119 Å². The van der Waals surface area contributed by atoms with Crippen LogP contribution in [0.3, 0.4) is 0 Å². The summed E-state index contributed by atoms with van der Waals surface area (Å²) in [5, 5.41) is 0. The summed E-state index contributed by atoms with van der Waals surface area (Å²) < 4.78 is 10.4. The van der Waals surface area contributed by atoms with Crippen molar-refractivity contribution in [1.29, 1.82) is 0 Å². The molecule has 34 heavy (non-hydrogen) atoms. The van der Waals surface area contributed by atoms with Gasteiger partial charge in [-0.15, -0.1) is 0 Å². The smallest absolute Gasteiger partial charge is 0.338 e. The fourth-order valence-electron chi connectivity index (χ4n) is 2.99. The Morgan fingerprint density at radius 2 is 1.24 bits per heavy atom. The van der Waals surface area contributed by atoms with Gasteiger partial charge in [-0.2, -0.15) is 0 Å². The molecule has 0 amide bonds.